The van der Waals surface area contributed by atoms with Gasteiger partial charge in [0.25, 0.3) is 10.1 Å². The van der Waals surface area contributed by atoms with Gasteiger partial charge in [-0.2, -0.15) is 8.42 Å². The van der Waals surface area contributed by atoms with Crippen LogP contribution >= 0.6 is 0 Å². The van der Waals surface area contributed by atoms with E-state index in [1.807, 2.05) is 38.2 Å². The number of benzene rings is 4. The van der Waals surface area contributed by atoms with Gasteiger partial charge in [0.1, 0.15) is 4.90 Å². The lowest BCUT2D eigenvalue weighted by Gasteiger charge is -2.13. The van der Waals surface area contributed by atoms with Crippen LogP contribution in [-0.2, 0) is 19.7 Å². The zero-order valence-electron chi connectivity index (χ0n) is 25.6. The van der Waals surface area contributed by atoms with Crippen molar-refractivity contribution >= 4 is 44.7 Å². The van der Waals surface area contributed by atoms with Crippen LogP contribution in [0, 0.1) is 20.8 Å². The summed E-state index contributed by atoms with van der Waals surface area (Å²) in [4.78, 5) is 21.5. The Balaban J connectivity index is 0.000000265. The molecule has 0 spiro atoms. The molecule has 0 aliphatic heterocycles. The van der Waals surface area contributed by atoms with Gasteiger partial charge in [-0.1, -0.05) is 47.5 Å². The minimum Gasteiger partial charge on any atom is -0.388 e. The first-order valence-corrected chi connectivity index (χ1v) is 14.9. The largest absolute Gasteiger partial charge is 0.388 e. The van der Waals surface area contributed by atoms with Crippen LogP contribution in [0.25, 0.3) is 11.1 Å². The van der Waals surface area contributed by atoms with Crippen LogP contribution in [0.15, 0.2) is 89.8 Å². The van der Waals surface area contributed by atoms with Gasteiger partial charge < -0.3 is 21.3 Å². The average Bonchev–Trinajstić information content (AvgIpc) is 2.94. The molecule has 0 atom stereocenters. The smallest absolute Gasteiger partial charge is 0.295 e. The van der Waals surface area contributed by atoms with Gasteiger partial charge in [0, 0.05) is 56.3 Å². The maximum Gasteiger partial charge on any atom is 0.295 e. The summed E-state index contributed by atoms with van der Waals surface area (Å²) >= 11 is 0. The first-order valence-electron chi connectivity index (χ1n) is 13.5. The third-order valence-corrected chi connectivity index (χ3v) is 6.99. The van der Waals surface area contributed by atoms with E-state index in [9.17, 15) is 22.6 Å². The number of aryl methyl sites for hydroxylation is 3. The highest BCUT2D eigenvalue weighted by atomic mass is 32.2. The van der Waals surface area contributed by atoms with Crippen molar-refractivity contribution in [2.75, 3.05) is 35.4 Å². The van der Waals surface area contributed by atoms with Crippen molar-refractivity contribution in [3.05, 3.63) is 102 Å². The molecule has 0 unspecified atom stereocenters. The normalized spacial score (nSPS) is 10.2. The molecule has 0 aliphatic rings. The summed E-state index contributed by atoms with van der Waals surface area (Å²) in [6.45, 7) is 8.81. The number of carbonyl (C=O) groups excluding carboxylic acids is 2. The molecular formula is C33H40N4O5S. The molecule has 4 aromatic carbocycles. The Hall–Kier alpha value is -4.67. The van der Waals surface area contributed by atoms with Crippen LogP contribution in [0.5, 0.6) is 0 Å². The molecular weight excluding hydrogens is 564 g/mol. The van der Waals surface area contributed by atoms with Crippen LogP contribution in [-0.4, -0.2) is 38.9 Å². The quantitative estimate of drug-likeness (QED) is 0.151. The van der Waals surface area contributed by atoms with Crippen molar-refractivity contribution in [1.82, 2.24) is 0 Å². The SMILES string of the molecule is CC(=O)Nc1ccc(C)cc1.CNc1ccc(-c2ccc(NC(C)=O)cc2C)c(S(=O)(=O)O)c1.CNc1ccc(C)cc1. The monoisotopic (exact) mass is 604 g/mol. The molecule has 0 aliphatic carbocycles. The van der Waals surface area contributed by atoms with E-state index in [4.69, 9.17) is 0 Å². The van der Waals surface area contributed by atoms with Crippen molar-refractivity contribution in [3.8, 4) is 11.1 Å². The Bertz CT molecular complexity index is 1640. The second-order valence-corrected chi connectivity index (χ2v) is 11.2. The number of rotatable bonds is 6. The molecule has 5 N–H and O–H groups in total. The van der Waals surface area contributed by atoms with Crippen LogP contribution < -0.4 is 21.3 Å². The third-order valence-electron chi connectivity index (χ3n) is 6.10. The van der Waals surface area contributed by atoms with Gasteiger partial charge in [-0.3, -0.25) is 14.1 Å². The van der Waals surface area contributed by atoms with Crippen LogP contribution in [0.2, 0.25) is 0 Å². The van der Waals surface area contributed by atoms with E-state index in [2.05, 4.69) is 52.5 Å². The van der Waals surface area contributed by atoms with E-state index in [1.54, 1.807) is 44.3 Å². The second-order valence-electron chi connectivity index (χ2n) is 9.81. The van der Waals surface area contributed by atoms with Gasteiger partial charge in [-0.15, -0.1) is 0 Å². The molecule has 4 rings (SSSR count). The molecule has 9 nitrogen and oxygen atoms in total. The summed E-state index contributed by atoms with van der Waals surface area (Å²) in [5.41, 5.74) is 7.55. The highest BCUT2D eigenvalue weighted by Crippen LogP contribution is 2.33. The van der Waals surface area contributed by atoms with Crippen LogP contribution in [0.1, 0.15) is 30.5 Å². The number of anilines is 4. The Labute approximate surface area is 254 Å². The molecule has 4 aromatic rings. The number of nitrogens with one attached hydrogen (secondary N) is 4. The lowest BCUT2D eigenvalue weighted by atomic mass is 9.99. The van der Waals surface area contributed by atoms with Crippen molar-refractivity contribution in [3.63, 3.8) is 0 Å². The Morgan fingerprint density at radius 2 is 1.00 bits per heavy atom. The molecule has 2 amide bonds. The second kappa shape index (κ2) is 16.1. The standard InChI is InChI=1S/C16H18N2O4S.C9H11NO.C8H11N/c1-10-8-13(18-11(2)19)5-6-14(10)15-7-4-12(17-3)9-16(15)23(20,21)22;1-7-3-5-9(6-4-7)10-8(2)11;1-7-3-5-8(9-2)6-4-7/h4-9,17H,1-3H3,(H,18,19)(H,20,21,22);3-6H,1-2H3,(H,10,11);3-6,9H,1-2H3. The molecule has 0 bridgehead atoms. The lowest BCUT2D eigenvalue weighted by Crippen LogP contribution is -2.06. The first-order chi connectivity index (χ1) is 20.2. The van der Waals surface area contributed by atoms with Crippen molar-refractivity contribution in [2.45, 2.75) is 39.5 Å². The van der Waals surface area contributed by atoms with Crippen molar-refractivity contribution < 1.29 is 22.6 Å². The summed E-state index contributed by atoms with van der Waals surface area (Å²) < 4.78 is 32.9. The van der Waals surface area contributed by atoms with E-state index in [0.717, 1.165) is 11.3 Å². The van der Waals surface area contributed by atoms with E-state index in [0.29, 0.717) is 22.5 Å². The minimum absolute atomic E-state index is 0.0335. The van der Waals surface area contributed by atoms with Gasteiger partial charge >= 0.3 is 0 Å². The van der Waals surface area contributed by atoms with Crippen molar-refractivity contribution in [2.24, 2.45) is 0 Å². The van der Waals surface area contributed by atoms with Gasteiger partial charge in [0.15, 0.2) is 0 Å². The number of carbonyl (C=O) groups is 2. The van der Waals surface area contributed by atoms with E-state index >= 15 is 0 Å². The van der Waals surface area contributed by atoms with Crippen LogP contribution in [0.4, 0.5) is 22.7 Å². The zero-order valence-corrected chi connectivity index (χ0v) is 26.4. The average molecular weight is 605 g/mol. The summed E-state index contributed by atoms with van der Waals surface area (Å²) in [5, 5.41) is 11.3. The molecule has 0 aromatic heterocycles. The molecule has 0 fully saturated rings. The number of amides is 2. The number of hydrogen-bond donors (Lipinski definition) is 5. The lowest BCUT2D eigenvalue weighted by molar-refractivity contribution is -0.115. The molecule has 10 heteroatoms. The highest BCUT2D eigenvalue weighted by Gasteiger charge is 2.18. The fourth-order valence-electron chi connectivity index (χ4n) is 3.92. The maximum atomic E-state index is 11.7. The molecule has 0 saturated carbocycles. The van der Waals surface area contributed by atoms with Crippen LogP contribution in [0.3, 0.4) is 0 Å². The molecule has 228 valence electrons. The summed E-state index contributed by atoms with van der Waals surface area (Å²) in [6.07, 6.45) is 0. The Kier molecular flexibility index (Phi) is 12.9. The summed E-state index contributed by atoms with van der Waals surface area (Å²) in [6, 6.07) is 25.9. The maximum absolute atomic E-state index is 11.7. The number of hydrogen-bond acceptors (Lipinski definition) is 6. The minimum atomic E-state index is -4.37. The predicted octanol–water partition coefficient (Wildman–Crippen LogP) is 6.90. The fourth-order valence-corrected chi connectivity index (χ4v) is 4.65. The molecule has 43 heavy (non-hydrogen) atoms. The van der Waals surface area contributed by atoms with E-state index < -0.39 is 10.1 Å². The Morgan fingerprint density at radius 3 is 1.44 bits per heavy atom. The van der Waals surface area contributed by atoms with Gasteiger partial charge in [0.05, 0.1) is 0 Å². The third kappa shape index (κ3) is 11.6. The fraction of sp³-hybridized carbons (Fsp3) is 0.212. The predicted molar refractivity (Wildman–Crippen MR) is 176 cm³/mol. The van der Waals surface area contributed by atoms with Gasteiger partial charge in [-0.25, -0.2) is 0 Å². The molecule has 0 radical (unpaired) electrons. The van der Waals surface area contributed by atoms with Crippen molar-refractivity contribution in [1.29, 1.82) is 0 Å². The van der Waals surface area contributed by atoms with E-state index in [1.165, 1.54) is 36.7 Å². The topological polar surface area (TPSA) is 137 Å². The first kappa shape index (κ1) is 34.5. The zero-order chi connectivity index (χ0) is 32.2. The molecule has 0 saturated heterocycles. The highest BCUT2D eigenvalue weighted by molar-refractivity contribution is 7.86. The van der Waals surface area contributed by atoms with Gasteiger partial charge in [-0.05, 0) is 80.4 Å². The molecule has 0 heterocycles. The van der Waals surface area contributed by atoms with Gasteiger partial charge in [0.2, 0.25) is 11.8 Å². The summed E-state index contributed by atoms with van der Waals surface area (Å²) in [5.74, 6) is -0.219. The summed E-state index contributed by atoms with van der Waals surface area (Å²) in [7, 11) is -0.786. The Morgan fingerprint density at radius 1 is 0.581 bits per heavy atom. The van der Waals surface area contributed by atoms with E-state index in [-0.39, 0.29) is 16.7 Å².